The number of rotatable bonds is 9. The molecule has 0 radical (unpaired) electrons. The Balaban J connectivity index is 2.66. The number of aryl methyl sites for hydroxylation is 1. The third kappa shape index (κ3) is 5.36. The lowest BCUT2D eigenvalue weighted by molar-refractivity contribution is 0.0964. The molecule has 1 atom stereocenters. The minimum Gasteiger partial charge on any atom is -0.388 e. The van der Waals surface area contributed by atoms with Gasteiger partial charge in [0, 0.05) is 0 Å². The number of aliphatic hydroxyl groups excluding tert-OH is 1. The van der Waals surface area contributed by atoms with Crippen LogP contribution in [0.4, 0.5) is 0 Å². The van der Waals surface area contributed by atoms with Gasteiger partial charge in [0.15, 0.2) is 0 Å². The van der Waals surface area contributed by atoms with E-state index in [-0.39, 0.29) is 6.10 Å². The molecule has 0 fully saturated rings. The molecular formula is C18H30O. The van der Waals surface area contributed by atoms with Crippen LogP contribution in [-0.4, -0.2) is 5.11 Å². The van der Waals surface area contributed by atoms with Crippen molar-refractivity contribution in [3.05, 3.63) is 35.4 Å². The number of aliphatic hydroxyl groups is 1. The molecule has 0 bridgehead atoms. The molecule has 108 valence electrons. The molecule has 19 heavy (non-hydrogen) atoms. The van der Waals surface area contributed by atoms with Crippen LogP contribution in [0.2, 0.25) is 0 Å². The summed E-state index contributed by atoms with van der Waals surface area (Å²) in [4.78, 5) is 0. The highest BCUT2D eigenvalue weighted by atomic mass is 16.3. The van der Waals surface area contributed by atoms with Gasteiger partial charge in [-0.2, -0.15) is 0 Å². The Bertz CT molecular complexity index is 322. The molecule has 0 heterocycles. The number of hydrogen-bond acceptors (Lipinski definition) is 1. The first kappa shape index (κ1) is 16.2. The molecule has 0 aliphatic carbocycles. The molecule has 1 aromatic rings. The Morgan fingerprint density at radius 3 is 1.95 bits per heavy atom. The van der Waals surface area contributed by atoms with Crippen molar-refractivity contribution in [2.45, 2.75) is 71.8 Å². The summed E-state index contributed by atoms with van der Waals surface area (Å²) < 4.78 is 0. The Morgan fingerprint density at radius 1 is 0.895 bits per heavy atom. The van der Waals surface area contributed by atoms with Crippen LogP contribution in [-0.2, 0) is 6.42 Å². The zero-order valence-electron chi connectivity index (χ0n) is 12.9. The number of hydrogen-bond donors (Lipinski definition) is 1. The summed E-state index contributed by atoms with van der Waals surface area (Å²) in [6, 6.07) is 8.61. The second kappa shape index (κ2) is 9.14. The summed E-state index contributed by atoms with van der Waals surface area (Å²) in [5.74, 6) is 0.413. The first-order valence-corrected chi connectivity index (χ1v) is 7.99. The van der Waals surface area contributed by atoms with E-state index in [2.05, 4.69) is 45.0 Å². The molecule has 0 aliphatic rings. The highest BCUT2D eigenvalue weighted by Gasteiger charge is 2.19. The molecular weight excluding hydrogens is 232 g/mol. The Morgan fingerprint density at radius 2 is 1.47 bits per heavy atom. The molecule has 1 aromatic carbocycles. The molecule has 0 spiro atoms. The topological polar surface area (TPSA) is 20.2 Å². The predicted molar refractivity (Wildman–Crippen MR) is 83.3 cm³/mol. The SMILES string of the molecule is CCCCc1ccc(C(O)C(CCC)CCC)cc1. The van der Waals surface area contributed by atoms with E-state index in [1.165, 1.54) is 18.4 Å². The third-order valence-electron chi connectivity index (χ3n) is 3.91. The molecule has 1 N–H and O–H groups in total. The van der Waals surface area contributed by atoms with Crippen molar-refractivity contribution in [2.24, 2.45) is 5.92 Å². The van der Waals surface area contributed by atoms with Gasteiger partial charge in [0.2, 0.25) is 0 Å². The zero-order chi connectivity index (χ0) is 14.1. The fourth-order valence-electron chi connectivity index (χ4n) is 2.74. The van der Waals surface area contributed by atoms with Crippen molar-refractivity contribution in [3.8, 4) is 0 Å². The molecule has 1 heteroatoms. The average molecular weight is 262 g/mol. The van der Waals surface area contributed by atoms with Crippen LogP contribution < -0.4 is 0 Å². The molecule has 0 saturated heterocycles. The second-order valence-corrected chi connectivity index (χ2v) is 5.63. The van der Waals surface area contributed by atoms with E-state index in [0.717, 1.165) is 37.7 Å². The molecule has 0 aromatic heterocycles. The standard InChI is InChI=1S/C18H30O/c1-4-7-10-15-11-13-17(14-12-15)18(19)16(8-5-2)9-6-3/h11-14,16,18-19H,4-10H2,1-3H3. The predicted octanol–water partition coefficient (Wildman–Crippen LogP) is 5.28. The summed E-state index contributed by atoms with van der Waals surface area (Å²) in [5, 5.41) is 10.5. The molecule has 0 aliphatic heterocycles. The summed E-state index contributed by atoms with van der Waals surface area (Å²) in [7, 11) is 0. The minimum absolute atomic E-state index is 0.292. The maximum atomic E-state index is 10.5. The van der Waals surface area contributed by atoms with E-state index in [1.807, 2.05) is 0 Å². The molecule has 0 saturated carbocycles. The van der Waals surface area contributed by atoms with Gasteiger partial charge in [-0.25, -0.2) is 0 Å². The summed E-state index contributed by atoms with van der Waals surface area (Å²) in [6.45, 7) is 6.62. The second-order valence-electron chi connectivity index (χ2n) is 5.63. The van der Waals surface area contributed by atoms with E-state index in [1.54, 1.807) is 0 Å². The van der Waals surface area contributed by atoms with Crippen LogP contribution in [0.25, 0.3) is 0 Å². The lowest BCUT2D eigenvalue weighted by atomic mass is 9.88. The summed E-state index contributed by atoms with van der Waals surface area (Å²) in [6.07, 6.45) is 7.88. The fraction of sp³-hybridized carbons (Fsp3) is 0.667. The normalized spacial score (nSPS) is 12.9. The lowest BCUT2D eigenvalue weighted by Crippen LogP contribution is -2.12. The minimum atomic E-state index is -0.292. The van der Waals surface area contributed by atoms with E-state index in [9.17, 15) is 5.11 Å². The smallest absolute Gasteiger partial charge is 0.0818 e. The van der Waals surface area contributed by atoms with Crippen LogP contribution in [0.5, 0.6) is 0 Å². The van der Waals surface area contributed by atoms with Gasteiger partial charge in [-0.15, -0.1) is 0 Å². The third-order valence-corrected chi connectivity index (χ3v) is 3.91. The van der Waals surface area contributed by atoms with Gasteiger partial charge in [0.05, 0.1) is 6.10 Å². The monoisotopic (exact) mass is 262 g/mol. The van der Waals surface area contributed by atoms with Crippen molar-refractivity contribution in [3.63, 3.8) is 0 Å². The quantitative estimate of drug-likeness (QED) is 0.642. The van der Waals surface area contributed by atoms with Crippen LogP contribution in [0, 0.1) is 5.92 Å². The van der Waals surface area contributed by atoms with Gasteiger partial charge in [0.25, 0.3) is 0 Å². The largest absolute Gasteiger partial charge is 0.388 e. The van der Waals surface area contributed by atoms with Crippen LogP contribution in [0.3, 0.4) is 0 Å². The lowest BCUT2D eigenvalue weighted by Gasteiger charge is -2.22. The van der Waals surface area contributed by atoms with Gasteiger partial charge in [-0.3, -0.25) is 0 Å². The number of benzene rings is 1. The van der Waals surface area contributed by atoms with Crippen LogP contribution >= 0.6 is 0 Å². The maximum Gasteiger partial charge on any atom is 0.0818 e. The van der Waals surface area contributed by atoms with Crippen molar-refractivity contribution >= 4 is 0 Å². The Labute approximate surface area is 119 Å². The average Bonchev–Trinajstić information content (AvgIpc) is 2.44. The van der Waals surface area contributed by atoms with E-state index < -0.39 is 0 Å². The van der Waals surface area contributed by atoms with Gasteiger partial charge in [-0.1, -0.05) is 64.3 Å². The molecule has 1 rings (SSSR count). The van der Waals surface area contributed by atoms with E-state index >= 15 is 0 Å². The first-order chi connectivity index (χ1) is 9.22. The van der Waals surface area contributed by atoms with Gasteiger partial charge in [-0.05, 0) is 42.7 Å². The fourth-order valence-corrected chi connectivity index (χ4v) is 2.74. The maximum absolute atomic E-state index is 10.5. The number of unbranched alkanes of at least 4 members (excludes halogenated alkanes) is 1. The van der Waals surface area contributed by atoms with Crippen LogP contribution in [0.1, 0.15) is 76.5 Å². The molecule has 0 amide bonds. The van der Waals surface area contributed by atoms with Crippen molar-refractivity contribution in [2.75, 3.05) is 0 Å². The van der Waals surface area contributed by atoms with Gasteiger partial charge < -0.3 is 5.11 Å². The van der Waals surface area contributed by atoms with Crippen molar-refractivity contribution < 1.29 is 5.11 Å². The highest BCUT2D eigenvalue weighted by Crippen LogP contribution is 2.29. The molecule has 1 unspecified atom stereocenters. The summed E-state index contributed by atoms with van der Waals surface area (Å²) >= 11 is 0. The highest BCUT2D eigenvalue weighted by molar-refractivity contribution is 5.24. The Kier molecular flexibility index (Phi) is 7.81. The first-order valence-electron chi connectivity index (χ1n) is 7.99. The van der Waals surface area contributed by atoms with Crippen molar-refractivity contribution in [1.29, 1.82) is 0 Å². The van der Waals surface area contributed by atoms with Crippen molar-refractivity contribution in [1.82, 2.24) is 0 Å². The van der Waals surface area contributed by atoms with Gasteiger partial charge in [0.1, 0.15) is 0 Å². The van der Waals surface area contributed by atoms with E-state index in [4.69, 9.17) is 0 Å². The zero-order valence-corrected chi connectivity index (χ0v) is 12.9. The van der Waals surface area contributed by atoms with E-state index in [0.29, 0.717) is 5.92 Å². The molecule has 1 nitrogen and oxygen atoms in total. The Hall–Kier alpha value is -0.820. The van der Waals surface area contributed by atoms with Crippen LogP contribution in [0.15, 0.2) is 24.3 Å². The summed E-state index contributed by atoms with van der Waals surface area (Å²) in [5.41, 5.74) is 2.48. The van der Waals surface area contributed by atoms with Gasteiger partial charge >= 0.3 is 0 Å².